The molecule has 2 rings (SSSR count). The van der Waals surface area contributed by atoms with E-state index in [1.54, 1.807) is 19.2 Å². The minimum atomic E-state index is -0.546. The predicted molar refractivity (Wildman–Crippen MR) is 58.9 cm³/mol. The van der Waals surface area contributed by atoms with Crippen molar-refractivity contribution < 1.29 is 9.50 Å². The molecule has 2 aromatic rings. The number of aromatic nitrogens is 4. The van der Waals surface area contributed by atoms with Gasteiger partial charge in [-0.3, -0.25) is 0 Å². The second-order valence-corrected chi connectivity index (χ2v) is 3.92. The van der Waals surface area contributed by atoms with Gasteiger partial charge in [-0.15, -0.1) is 5.10 Å². The van der Waals surface area contributed by atoms with E-state index in [1.165, 1.54) is 10.7 Å². The first-order chi connectivity index (χ1) is 8.13. The maximum absolute atomic E-state index is 13.8. The van der Waals surface area contributed by atoms with Crippen molar-refractivity contribution in [3.05, 3.63) is 41.0 Å². The summed E-state index contributed by atoms with van der Waals surface area (Å²) < 4.78 is 15.3. The Labute approximate surface area is 97.9 Å². The molecule has 1 aromatic heterocycles. The first-order valence-electron chi connectivity index (χ1n) is 5.22. The predicted octanol–water partition coefficient (Wildman–Crippen LogP) is 0.782. The van der Waals surface area contributed by atoms with E-state index >= 15 is 0 Å². The molecule has 0 radical (unpaired) electrons. The van der Waals surface area contributed by atoms with E-state index in [9.17, 15) is 9.50 Å². The SMILES string of the molecule is Cc1ccc(C(CO)c2nnnn2C)c(F)c1. The fourth-order valence-electron chi connectivity index (χ4n) is 1.77. The Morgan fingerprint density at radius 2 is 2.24 bits per heavy atom. The average molecular weight is 236 g/mol. The third kappa shape index (κ3) is 2.16. The Kier molecular flexibility index (Phi) is 3.14. The third-order valence-electron chi connectivity index (χ3n) is 2.68. The van der Waals surface area contributed by atoms with Crippen LogP contribution in [0.15, 0.2) is 18.2 Å². The lowest BCUT2D eigenvalue weighted by atomic mass is 9.97. The van der Waals surface area contributed by atoms with Gasteiger partial charge in [-0.05, 0) is 29.0 Å². The molecule has 0 aliphatic heterocycles. The molecule has 1 N–H and O–H groups in total. The standard InChI is InChI=1S/C11H13FN4O/c1-7-3-4-8(10(12)5-7)9(6-17)11-13-14-15-16(11)2/h3-5,9,17H,6H2,1-2H3. The number of tetrazole rings is 1. The van der Waals surface area contributed by atoms with Gasteiger partial charge in [-0.25, -0.2) is 9.07 Å². The number of halogens is 1. The fourth-order valence-corrected chi connectivity index (χ4v) is 1.77. The lowest BCUT2D eigenvalue weighted by Gasteiger charge is -2.13. The molecule has 0 aliphatic rings. The molecular weight excluding hydrogens is 223 g/mol. The Morgan fingerprint density at radius 1 is 1.47 bits per heavy atom. The zero-order valence-electron chi connectivity index (χ0n) is 9.63. The van der Waals surface area contributed by atoms with Crippen molar-refractivity contribution in [3.63, 3.8) is 0 Å². The zero-order valence-corrected chi connectivity index (χ0v) is 9.63. The van der Waals surface area contributed by atoms with Crippen LogP contribution < -0.4 is 0 Å². The van der Waals surface area contributed by atoms with Gasteiger partial charge < -0.3 is 5.11 Å². The molecule has 90 valence electrons. The average Bonchev–Trinajstić information content (AvgIpc) is 2.69. The molecule has 0 spiro atoms. The van der Waals surface area contributed by atoms with Crippen LogP contribution in [0, 0.1) is 12.7 Å². The first kappa shape index (κ1) is 11.7. The summed E-state index contributed by atoms with van der Waals surface area (Å²) in [6.07, 6.45) is 0. The summed E-state index contributed by atoms with van der Waals surface area (Å²) >= 11 is 0. The minimum absolute atomic E-state index is 0.242. The zero-order chi connectivity index (χ0) is 12.4. The van der Waals surface area contributed by atoms with Crippen molar-refractivity contribution in [1.29, 1.82) is 0 Å². The van der Waals surface area contributed by atoms with Crippen molar-refractivity contribution in [2.24, 2.45) is 7.05 Å². The first-order valence-corrected chi connectivity index (χ1v) is 5.22. The van der Waals surface area contributed by atoms with Gasteiger partial charge in [0, 0.05) is 12.6 Å². The highest BCUT2D eigenvalue weighted by Gasteiger charge is 2.22. The van der Waals surface area contributed by atoms with Crippen LogP contribution in [-0.2, 0) is 7.05 Å². The van der Waals surface area contributed by atoms with Gasteiger partial charge >= 0.3 is 0 Å². The van der Waals surface area contributed by atoms with Gasteiger partial charge in [-0.2, -0.15) is 0 Å². The molecule has 17 heavy (non-hydrogen) atoms. The molecule has 0 fully saturated rings. The molecule has 0 saturated carbocycles. The summed E-state index contributed by atoms with van der Waals surface area (Å²) in [5, 5.41) is 20.4. The molecule has 6 heteroatoms. The summed E-state index contributed by atoms with van der Waals surface area (Å²) in [5.74, 6) is -0.460. The highest BCUT2D eigenvalue weighted by atomic mass is 19.1. The second-order valence-electron chi connectivity index (χ2n) is 3.92. The molecule has 5 nitrogen and oxygen atoms in total. The van der Waals surface area contributed by atoms with E-state index in [2.05, 4.69) is 15.5 Å². The van der Waals surface area contributed by atoms with Crippen LogP contribution >= 0.6 is 0 Å². The maximum atomic E-state index is 13.8. The Balaban J connectivity index is 2.46. The number of aliphatic hydroxyl groups is 1. The van der Waals surface area contributed by atoms with Crippen LogP contribution in [0.2, 0.25) is 0 Å². The highest BCUT2D eigenvalue weighted by molar-refractivity contribution is 5.30. The minimum Gasteiger partial charge on any atom is -0.395 e. The summed E-state index contributed by atoms with van der Waals surface area (Å²) in [7, 11) is 1.66. The smallest absolute Gasteiger partial charge is 0.160 e. The molecule has 0 amide bonds. The van der Waals surface area contributed by atoms with E-state index in [1.807, 2.05) is 6.92 Å². The number of hydrogen-bond acceptors (Lipinski definition) is 4. The van der Waals surface area contributed by atoms with Crippen molar-refractivity contribution in [3.8, 4) is 0 Å². The van der Waals surface area contributed by atoms with Crippen molar-refractivity contribution in [2.45, 2.75) is 12.8 Å². The van der Waals surface area contributed by atoms with Gasteiger partial charge in [0.15, 0.2) is 5.82 Å². The number of nitrogens with zero attached hydrogens (tertiary/aromatic N) is 4. The number of hydrogen-bond donors (Lipinski definition) is 1. The molecule has 1 atom stereocenters. The van der Waals surface area contributed by atoms with Gasteiger partial charge in [0.25, 0.3) is 0 Å². The molecule has 0 bridgehead atoms. The monoisotopic (exact) mass is 236 g/mol. The van der Waals surface area contributed by atoms with E-state index in [0.29, 0.717) is 11.4 Å². The van der Waals surface area contributed by atoms with Crippen LogP contribution in [0.3, 0.4) is 0 Å². The van der Waals surface area contributed by atoms with Crippen LogP contribution in [0.4, 0.5) is 4.39 Å². The van der Waals surface area contributed by atoms with E-state index in [-0.39, 0.29) is 12.4 Å². The van der Waals surface area contributed by atoms with Gasteiger partial charge in [-0.1, -0.05) is 12.1 Å². The number of rotatable bonds is 3. The summed E-state index contributed by atoms with van der Waals surface area (Å²) in [4.78, 5) is 0. The number of benzene rings is 1. The van der Waals surface area contributed by atoms with Crippen LogP contribution in [0.5, 0.6) is 0 Å². The van der Waals surface area contributed by atoms with Crippen molar-refractivity contribution >= 4 is 0 Å². The molecule has 0 saturated heterocycles. The molecule has 1 aromatic carbocycles. The topological polar surface area (TPSA) is 63.8 Å². The van der Waals surface area contributed by atoms with E-state index in [4.69, 9.17) is 0 Å². The van der Waals surface area contributed by atoms with Crippen LogP contribution in [-0.4, -0.2) is 31.9 Å². The molecule has 1 heterocycles. The lowest BCUT2D eigenvalue weighted by Crippen LogP contribution is -2.14. The number of aliphatic hydroxyl groups excluding tert-OH is 1. The number of aryl methyl sites for hydroxylation is 2. The fraction of sp³-hybridized carbons (Fsp3) is 0.364. The van der Waals surface area contributed by atoms with Gasteiger partial charge in [0.05, 0.1) is 12.5 Å². The van der Waals surface area contributed by atoms with E-state index in [0.717, 1.165) is 5.56 Å². The van der Waals surface area contributed by atoms with Crippen molar-refractivity contribution in [1.82, 2.24) is 20.2 Å². The van der Waals surface area contributed by atoms with Crippen LogP contribution in [0.1, 0.15) is 22.9 Å². The molecular formula is C11H13FN4O. The quantitative estimate of drug-likeness (QED) is 0.855. The maximum Gasteiger partial charge on any atom is 0.160 e. The normalized spacial score (nSPS) is 12.7. The van der Waals surface area contributed by atoms with Crippen molar-refractivity contribution in [2.75, 3.05) is 6.61 Å². The third-order valence-corrected chi connectivity index (χ3v) is 2.68. The Hall–Kier alpha value is -1.82. The largest absolute Gasteiger partial charge is 0.395 e. The van der Waals surface area contributed by atoms with E-state index < -0.39 is 5.92 Å². The second kappa shape index (κ2) is 4.58. The molecule has 0 aliphatic carbocycles. The molecule has 1 unspecified atom stereocenters. The summed E-state index contributed by atoms with van der Waals surface area (Å²) in [5.41, 5.74) is 1.23. The Morgan fingerprint density at radius 3 is 2.76 bits per heavy atom. The van der Waals surface area contributed by atoms with Gasteiger partial charge in [0.2, 0.25) is 0 Å². The highest BCUT2D eigenvalue weighted by Crippen LogP contribution is 2.24. The summed E-state index contributed by atoms with van der Waals surface area (Å²) in [6.45, 7) is 1.57. The lowest BCUT2D eigenvalue weighted by molar-refractivity contribution is 0.271. The summed E-state index contributed by atoms with van der Waals surface area (Å²) in [6, 6.07) is 4.88. The van der Waals surface area contributed by atoms with Gasteiger partial charge in [0.1, 0.15) is 5.82 Å². The van der Waals surface area contributed by atoms with Crippen LogP contribution in [0.25, 0.3) is 0 Å². The Bertz CT molecular complexity index is 526.